The zero-order valence-corrected chi connectivity index (χ0v) is 12.6. The summed E-state index contributed by atoms with van der Waals surface area (Å²) in [5.74, 6) is -3.38. The lowest BCUT2D eigenvalue weighted by Crippen LogP contribution is -2.50. The van der Waals surface area contributed by atoms with Crippen LogP contribution in [-0.2, 0) is 25.8 Å². The molecule has 24 heavy (non-hydrogen) atoms. The Hall–Kier alpha value is -2.13. The van der Waals surface area contributed by atoms with E-state index in [1.165, 1.54) is 0 Å². The lowest BCUT2D eigenvalue weighted by atomic mass is 10.0. The number of ether oxygens (including phenoxy) is 1. The molecule has 1 aliphatic rings. The van der Waals surface area contributed by atoms with Gasteiger partial charge in [-0.2, -0.15) is 13.2 Å². The van der Waals surface area contributed by atoms with Crippen LogP contribution in [0.3, 0.4) is 0 Å². The van der Waals surface area contributed by atoms with E-state index in [4.69, 9.17) is 10.6 Å². The average Bonchev–Trinajstić information content (AvgIpc) is 2.89. The monoisotopic (exact) mass is 346 g/mol. The third-order valence-corrected chi connectivity index (χ3v) is 3.69. The predicted molar refractivity (Wildman–Crippen MR) is 76.1 cm³/mol. The minimum atomic E-state index is -5.19. The van der Waals surface area contributed by atoms with Crippen LogP contribution in [0.4, 0.5) is 13.2 Å². The number of carbonyl (C=O) groups is 2. The molecular weight excluding hydrogens is 329 g/mol. The van der Waals surface area contributed by atoms with Crippen molar-refractivity contribution in [3.05, 3.63) is 35.9 Å². The molecule has 0 heterocycles. The SMILES string of the molecule is N[C@H]1CC[C@@](OC(=O)C(F)(F)F)(C(=O)NOCc2ccccc2)C1. The Morgan fingerprint density at radius 3 is 2.50 bits per heavy atom. The molecule has 0 saturated heterocycles. The number of hydroxylamine groups is 1. The summed E-state index contributed by atoms with van der Waals surface area (Å²) in [6, 6.07) is 8.29. The maximum absolute atomic E-state index is 12.4. The summed E-state index contributed by atoms with van der Waals surface area (Å²) in [4.78, 5) is 28.4. The third-order valence-electron chi connectivity index (χ3n) is 3.69. The number of nitrogens with one attached hydrogen (secondary N) is 1. The van der Waals surface area contributed by atoms with Crippen molar-refractivity contribution in [3.63, 3.8) is 0 Å². The molecule has 3 N–H and O–H groups in total. The summed E-state index contributed by atoms with van der Waals surface area (Å²) >= 11 is 0. The van der Waals surface area contributed by atoms with E-state index in [-0.39, 0.29) is 25.9 Å². The first kappa shape index (κ1) is 18.2. The van der Waals surface area contributed by atoms with Crippen LogP contribution in [0, 0.1) is 0 Å². The Morgan fingerprint density at radius 1 is 1.29 bits per heavy atom. The van der Waals surface area contributed by atoms with Crippen molar-refractivity contribution in [1.82, 2.24) is 5.48 Å². The van der Waals surface area contributed by atoms with Gasteiger partial charge in [0.05, 0.1) is 6.61 Å². The number of esters is 1. The first-order chi connectivity index (χ1) is 11.2. The maximum atomic E-state index is 12.4. The molecule has 0 spiro atoms. The predicted octanol–water partition coefficient (Wildman–Crippen LogP) is 1.59. The number of amides is 1. The summed E-state index contributed by atoms with van der Waals surface area (Å²) in [6.07, 6.45) is -5.23. The van der Waals surface area contributed by atoms with Gasteiger partial charge in [-0.3, -0.25) is 9.63 Å². The van der Waals surface area contributed by atoms with E-state index in [1.807, 2.05) is 0 Å². The lowest BCUT2D eigenvalue weighted by molar-refractivity contribution is -0.216. The fourth-order valence-corrected chi connectivity index (χ4v) is 2.48. The standard InChI is InChI=1S/C15H17F3N2O4/c16-15(17,18)13(22)24-14(7-6-11(19)8-14)12(21)20-23-9-10-4-2-1-3-5-10/h1-5,11H,6-9,19H2,(H,20,21)/t11-,14-/m0/s1. The van der Waals surface area contributed by atoms with Crippen LogP contribution in [-0.4, -0.2) is 29.7 Å². The van der Waals surface area contributed by atoms with Gasteiger partial charge in [-0.15, -0.1) is 0 Å². The Bertz CT molecular complexity index is 594. The number of hydrogen-bond donors (Lipinski definition) is 2. The fourth-order valence-electron chi connectivity index (χ4n) is 2.48. The van der Waals surface area contributed by atoms with E-state index in [2.05, 4.69) is 10.2 Å². The van der Waals surface area contributed by atoms with Gasteiger partial charge in [0.25, 0.3) is 5.91 Å². The van der Waals surface area contributed by atoms with E-state index in [9.17, 15) is 22.8 Å². The third kappa shape index (κ3) is 4.45. The second-order valence-corrected chi connectivity index (χ2v) is 5.59. The highest BCUT2D eigenvalue weighted by Gasteiger charge is 2.53. The maximum Gasteiger partial charge on any atom is 0.490 e. The number of hydrogen-bond acceptors (Lipinski definition) is 5. The molecule has 0 aromatic heterocycles. The zero-order chi connectivity index (χ0) is 17.8. The van der Waals surface area contributed by atoms with E-state index in [1.54, 1.807) is 30.3 Å². The van der Waals surface area contributed by atoms with E-state index in [0.29, 0.717) is 0 Å². The van der Waals surface area contributed by atoms with Crippen molar-refractivity contribution >= 4 is 11.9 Å². The highest BCUT2D eigenvalue weighted by atomic mass is 19.4. The number of halogens is 3. The first-order valence-corrected chi connectivity index (χ1v) is 7.25. The minimum absolute atomic E-state index is 0.0158. The van der Waals surface area contributed by atoms with Gasteiger partial charge in [0.1, 0.15) is 0 Å². The van der Waals surface area contributed by atoms with Crippen LogP contribution in [0.2, 0.25) is 0 Å². The van der Waals surface area contributed by atoms with Gasteiger partial charge in [0, 0.05) is 12.5 Å². The van der Waals surface area contributed by atoms with Crippen molar-refractivity contribution in [3.8, 4) is 0 Å². The highest BCUT2D eigenvalue weighted by Crippen LogP contribution is 2.35. The Balaban J connectivity index is 1.99. The number of carbonyl (C=O) groups excluding carboxylic acids is 2. The Labute approximate surface area is 136 Å². The van der Waals surface area contributed by atoms with Crippen LogP contribution in [0.25, 0.3) is 0 Å². The molecule has 6 nitrogen and oxygen atoms in total. The molecule has 1 aliphatic carbocycles. The van der Waals surface area contributed by atoms with Gasteiger partial charge in [0.15, 0.2) is 5.60 Å². The molecule has 1 amide bonds. The van der Waals surface area contributed by atoms with E-state index >= 15 is 0 Å². The number of rotatable bonds is 5. The quantitative estimate of drug-likeness (QED) is 0.624. The molecule has 132 valence electrons. The van der Waals surface area contributed by atoms with Crippen LogP contribution >= 0.6 is 0 Å². The zero-order valence-electron chi connectivity index (χ0n) is 12.6. The van der Waals surface area contributed by atoms with Crippen LogP contribution < -0.4 is 11.2 Å². The molecule has 2 rings (SSSR count). The van der Waals surface area contributed by atoms with Crippen molar-refractivity contribution in [2.75, 3.05) is 0 Å². The molecule has 1 saturated carbocycles. The molecule has 0 radical (unpaired) electrons. The molecule has 1 aromatic rings. The lowest BCUT2D eigenvalue weighted by Gasteiger charge is -2.28. The second kappa shape index (κ2) is 7.18. The molecule has 1 fully saturated rings. The number of nitrogens with two attached hydrogens (primary N) is 1. The summed E-state index contributed by atoms with van der Waals surface area (Å²) in [5.41, 5.74) is 6.49. The fraction of sp³-hybridized carbons (Fsp3) is 0.467. The normalized spacial score (nSPS) is 23.8. The summed E-state index contributed by atoms with van der Waals surface area (Å²) < 4.78 is 41.8. The highest BCUT2D eigenvalue weighted by molar-refractivity contribution is 5.88. The van der Waals surface area contributed by atoms with Crippen LogP contribution in [0.5, 0.6) is 0 Å². The first-order valence-electron chi connectivity index (χ1n) is 7.25. The molecule has 9 heteroatoms. The van der Waals surface area contributed by atoms with Gasteiger partial charge in [-0.05, 0) is 18.4 Å². The molecule has 1 aromatic carbocycles. The number of benzene rings is 1. The van der Waals surface area contributed by atoms with Gasteiger partial charge in [-0.25, -0.2) is 10.3 Å². The molecule has 2 atom stereocenters. The van der Waals surface area contributed by atoms with Gasteiger partial charge < -0.3 is 10.5 Å². The smallest absolute Gasteiger partial charge is 0.442 e. The van der Waals surface area contributed by atoms with Crippen LogP contribution in [0.15, 0.2) is 30.3 Å². The largest absolute Gasteiger partial charge is 0.490 e. The summed E-state index contributed by atoms with van der Waals surface area (Å²) in [5, 5.41) is 0. The topological polar surface area (TPSA) is 90.7 Å². The second-order valence-electron chi connectivity index (χ2n) is 5.59. The molecule has 0 unspecified atom stereocenters. The van der Waals surface area contributed by atoms with E-state index < -0.39 is 29.7 Å². The average molecular weight is 346 g/mol. The number of alkyl halides is 3. The van der Waals surface area contributed by atoms with E-state index in [0.717, 1.165) is 5.56 Å². The van der Waals surface area contributed by atoms with Crippen molar-refractivity contribution in [2.45, 2.75) is 43.7 Å². The minimum Gasteiger partial charge on any atom is -0.442 e. The van der Waals surface area contributed by atoms with Crippen molar-refractivity contribution in [1.29, 1.82) is 0 Å². The van der Waals surface area contributed by atoms with Crippen molar-refractivity contribution in [2.24, 2.45) is 5.73 Å². The Morgan fingerprint density at radius 2 is 1.96 bits per heavy atom. The van der Waals surface area contributed by atoms with Gasteiger partial charge in [-0.1, -0.05) is 30.3 Å². The molecular formula is C15H17F3N2O4. The summed E-state index contributed by atoms with van der Waals surface area (Å²) in [7, 11) is 0. The van der Waals surface area contributed by atoms with Crippen molar-refractivity contribution < 1.29 is 32.3 Å². The van der Waals surface area contributed by atoms with Crippen LogP contribution in [0.1, 0.15) is 24.8 Å². The van der Waals surface area contributed by atoms with Gasteiger partial charge in [0.2, 0.25) is 0 Å². The van der Waals surface area contributed by atoms with Gasteiger partial charge >= 0.3 is 12.1 Å². The molecule has 0 bridgehead atoms. The summed E-state index contributed by atoms with van der Waals surface area (Å²) in [6.45, 7) is 0.0158. The molecule has 0 aliphatic heterocycles. The Kier molecular flexibility index (Phi) is 5.45.